The molecule has 0 unspecified atom stereocenters. The molecule has 23 heavy (non-hydrogen) atoms. The first kappa shape index (κ1) is 17.7. The van der Waals surface area contributed by atoms with E-state index < -0.39 is 10.0 Å². The molecule has 0 aliphatic rings. The SMILES string of the molecule is CCC(=O)Nc1cccc(S(=O)(=O)Nc2cc(C)ccc2I)c1. The van der Waals surface area contributed by atoms with Crippen molar-refractivity contribution in [2.24, 2.45) is 0 Å². The second-order valence-corrected chi connectivity index (χ2v) is 7.86. The molecule has 0 radical (unpaired) electrons. The van der Waals surface area contributed by atoms with E-state index in [4.69, 9.17) is 0 Å². The second kappa shape index (κ2) is 7.31. The lowest BCUT2D eigenvalue weighted by atomic mass is 10.2. The Labute approximate surface area is 149 Å². The van der Waals surface area contributed by atoms with Gasteiger partial charge in [0.25, 0.3) is 10.0 Å². The minimum absolute atomic E-state index is 0.101. The molecule has 0 bridgehead atoms. The van der Waals surface area contributed by atoms with Crippen LogP contribution in [0.2, 0.25) is 0 Å². The molecule has 0 fully saturated rings. The molecule has 7 heteroatoms. The summed E-state index contributed by atoms with van der Waals surface area (Å²) in [5.74, 6) is -0.166. The molecule has 2 rings (SSSR count). The quantitative estimate of drug-likeness (QED) is 0.690. The van der Waals surface area contributed by atoms with Crippen molar-refractivity contribution in [1.29, 1.82) is 0 Å². The monoisotopic (exact) mass is 444 g/mol. The van der Waals surface area contributed by atoms with Gasteiger partial charge < -0.3 is 5.32 Å². The average molecular weight is 444 g/mol. The molecule has 0 spiro atoms. The smallest absolute Gasteiger partial charge is 0.262 e. The van der Waals surface area contributed by atoms with E-state index in [1.165, 1.54) is 12.1 Å². The van der Waals surface area contributed by atoms with E-state index in [1.807, 2.05) is 19.1 Å². The maximum Gasteiger partial charge on any atom is 0.262 e. The molecule has 0 aliphatic carbocycles. The Bertz CT molecular complexity index is 835. The summed E-state index contributed by atoms with van der Waals surface area (Å²) in [6.45, 7) is 3.63. The van der Waals surface area contributed by atoms with Crippen LogP contribution in [-0.4, -0.2) is 14.3 Å². The van der Waals surface area contributed by atoms with Gasteiger partial charge in [-0.05, 0) is 65.4 Å². The summed E-state index contributed by atoms with van der Waals surface area (Å²) in [7, 11) is -3.72. The number of nitrogens with one attached hydrogen (secondary N) is 2. The molecule has 2 aromatic carbocycles. The first-order valence-corrected chi connectivity index (χ1v) is 9.57. The Morgan fingerprint density at radius 3 is 2.61 bits per heavy atom. The van der Waals surface area contributed by atoms with Crippen LogP contribution in [0.1, 0.15) is 18.9 Å². The van der Waals surface area contributed by atoms with Crippen LogP contribution in [0.4, 0.5) is 11.4 Å². The van der Waals surface area contributed by atoms with E-state index in [2.05, 4.69) is 32.6 Å². The molecule has 2 N–H and O–H groups in total. The van der Waals surface area contributed by atoms with Crippen molar-refractivity contribution >= 4 is 49.9 Å². The van der Waals surface area contributed by atoms with Crippen molar-refractivity contribution in [2.45, 2.75) is 25.2 Å². The van der Waals surface area contributed by atoms with Crippen LogP contribution in [0.3, 0.4) is 0 Å². The Morgan fingerprint density at radius 1 is 1.17 bits per heavy atom. The van der Waals surface area contributed by atoms with Crippen molar-refractivity contribution < 1.29 is 13.2 Å². The lowest BCUT2D eigenvalue weighted by molar-refractivity contribution is -0.115. The predicted molar refractivity (Wildman–Crippen MR) is 100 cm³/mol. The van der Waals surface area contributed by atoms with E-state index in [0.29, 0.717) is 17.8 Å². The Kier molecular flexibility index (Phi) is 5.64. The van der Waals surface area contributed by atoms with E-state index in [1.54, 1.807) is 25.1 Å². The fourth-order valence-electron chi connectivity index (χ4n) is 1.91. The molecule has 0 heterocycles. The summed E-state index contributed by atoms with van der Waals surface area (Å²) in [6.07, 6.45) is 0.330. The first-order valence-electron chi connectivity index (χ1n) is 7.00. The average Bonchev–Trinajstić information content (AvgIpc) is 2.51. The van der Waals surface area contributed by atoms with Gasteiger partial charge in [-0.15, -0.1) is 0 Å². The third-order valence-electron chi connectivity index (χ3n) is 3.12. The molecule has 0 saturated heterocycles. The molecule has 0 saturated carbocycles. The summed E-state index contributed by atoms with van der Waals surface area (Å²) in [5.41, 5.74) is 1.96. The fraction of sp³-hybridized carbons (Fsp3) is 0.188. The summed E-state index contributed by atoms with van der Waals surface area (Å²) in [6, 6.07) is 11.7. The van der Waals surface area contributed by atoms with Gasteiger partial charge in [0.15, 0.2) is 0 Å². The highest BCUT2D eigenvalue weighted by Crippen LogP contribution is 2.24. The number of amides is 1. The van der Waals surface area contributed by atoms with Crippen LogP contribution in [0.15, 0.2) is 47.4 Å². The Balaban J connectivity index is 2.31. The van der Waals surface area contributed by atoms with Gasteiger partial charge in [0.1, 0.15) is 0 Å². The van der Waals surface area contributed by atoms with Gasteiger partial charge in [-0.3, -0.25) is 9.52 Å². The summed E-state index contributed by atoms with van der Waals surface area (Å²) >= 11 is 2.08. The maximum absolute atomic E-state index is 12.5. The van der Waals surface area contributed by atoms with Gasteiger partial charge in [-0.1, -0.05) is 19.1 Å². The fourth-order valence-corrected chi connectivity index (χ4v) is 3.68. The number of rotatable bonds is 5. The topological polar surface area (TPSA) is 75.3 Å². The first-order chi connectivity index (χ1) is 10.8. The Hall–Kier alpha value is -1.61. The number of sulfonamides is 1. The highest BCUT2D eigenvalue weighted by Gasteiger charge is 2.16. The van der Waals surface area contributed by atoms with Crippen molar-refractivity contribution in [3.8, 4) is 0 Å². The van der Waals surface area contributed by atoms with E-state index in [9.17, 15) is 13.2 Å². The number of carbonyl (C=O) groups is 1. The van der Waals surface area contributed by atoms with Gasteiger partial charge >= 0.3 is 0 Å². The van der Waals surface area contributed by atoms with Crippen LogP contribution in [-0.2, 0) is 14.8 Å². The van der Waals surface area contributed by atoms with Crippen LogP contribution < -0.4 is 10.0 Å². The lowest BCUT2D eigenvalue weighted by Crippen LogP contribution is -2.15. The number of halogens is 1. The van der Waals surface area contributed by atoms with Crippen molar-refractivity contribution in [3.05, 3.63) is 51.6 Å². The second-order valence-electron chi connectivity index (χ2n) is 5.02. The van der Waals surface area contributed by atoms with Gasteiger partial charge in [0.2, 0.25) is 5.91 Å². The molecule has 0 aromatic heterocycles. The van der Waals surface area contributed by atoms with E-state index in [0.717, 1.165) is 9.13 Å². The van der Waals surface area contributed by atoms with E-state index in [-0.39, 0.29) is 10.8 Å². The number of hydrogen-bond acceptors (Lipinski definition) is 3. The number of carbonyl (C=O) groups excluding carboxylic acids is 1. The third-order valence-corrected chi connectivity index (χ3v) is 5.42. The highest BCUT2D eigenvalue weighted by molar-refractivity contribution is 14.1. The minimum Gasteiger partial charge on any atom is -0.326 e. The zero-order valence-corrected chi connectivity index (χ0v) is 15.7. The zero-order valence-electron chi connectivity index (χ0n) is 12.8. The minimum atomic E-state index is -3.72. The van der Waals surface area contributed by atoms with Gasteiger partial charge in [0, 0.05) is 15.7 Å². The molecular weight excluding hydrogens is 427 g/mol. The van der Waals surface area contributed by atoms with Crippen LogP contribution >= 0.6 is 22.6 Å². The van der Waals surface area contributed by atoms with Gasteiger partial charge in [-0.2, -0.15) is 0 Å². The molecule has 5 nitrogen and oxygen atoms in total. The maximum atomic E-state index is 12.5. The molecule has 2 aromatic rings. The molecule has 0 atom stereocenters. The highest BCUT2D eigenvalue weighted by atomic mass is 127. The largest absolute Gasteiger partial charge is 0.326 e. The summed E-state index contributed by atoms with van der Waals surface area (Å²) < 4.78 is 28.5. The van der Waals surface area contributed by atoms with E-state index >= 15 is 0 Å². The Morgan fingerprint density at radius 2 is 1.91 bits per heavy atom. The standard InChI is InChI=1S/C16H17IN2O3S/c1-3-16(20)18-12-5-4-6-13(10-12)23(21,22)19-15-9-11(2)7-8-14(15)17/h4-10,19H,3H2,1-2H3,(H,18,20). The summed E-state index contributed by atoms with van der Waals surface area (Å²) in [4.78, 5) is 11.5. The summed E-state index contributed by atoms with van der Waals surface area (Å²) in [5, 5.41) is 2.66. The lowest BCUT2D eigenvalue weighted by Gasteiger charge is -2.12. The van der Waals surface area contributed by atoms with Crippen LogP contribution in [0.25, 0.3) is 0 Å². The van der Waals surface area contributed by atoms with Crippen molar-refractivity contribution in [3.63, 3.8) is 0 Å². The van der Waals surface area contributed by atoms with Gasteiger partial charge in [-0.25, -0.2) is 8.42 Å². The van der Waals surface area contributed by atoms with Gasteiger partial charge in [0.05, 0.1) is 10.6 Å². The van der Waals surface area contributed by atoms with Crippen molar-refractivity contribution in [2.75, 3.05) is 10.0 Å². The zero-order chi connectivity index (χ0) is 17.0. The molecular formula is C16H17IN2O3S. The number of hydrogen-bond donors (Lipinski definition) is 2. The number of anilines is 2. The molecule has 0 aliphatic heterocycles. The third kappa shape index (κ3) is 4.68. The van der Waals surface area contributed by atoms with Crippen LogP contribution in [0.5, 0.6) is 0 Å². The molecule has 1 amide bonds. The predicted octanol–water partition coefficient (Wildman–Crippen LogP) is 3.75. The number of benzene rings is 2. The van der Waals surface area contributed by atoms with Crippen molar-refractivity contribution in [1.82, 2.24) is 0 Å². The normalized spacial score (nSPS) is 11.1. The molecule has 122 valence electrons. The number of aryl methyl sites for hydroxylation is 1. The van der Waals surface area contributed by atoms with Crippen LogP contribution in [0, 0.1) is 10.5 Å².